The predicted molar refractivity (Wildman–Crippen MR) is 120 cm³/mol. The van der Waals surface area contributed by atoms with E-state index in [1.165, 1.54) is 48.8 Å². The molecule has 1 amide bonds. The third-order valence-electron chi connectivity index (χ3n) is 6.84. The Hall–Kier alpha value is -2.17. The zero-order valence-electron chi connectivity index (χ0n) is 17.8. The SMILES string of the molecule is O=C(CN[C@H](CO)Cc1ccccc1)N1CCc2ccccc2C1C1CCCCC1. The van der Waals surface area contributed by atoms with Gasteiger partial charge in [0.2, 0.25) is 5.91 Å². The molecule has 1 fully saturated rings. The number of fused-ring (bicyclic) bond motifs is 1. The molecular weight excluding hydrogens is 372 g/mol. The molecule has 0 aromatic heterocycles. The van der Waals surface area contributed by atoms with Crippen LogP contribution in [0, 0.1) is 5.92 Å². The Kier molecular flexibility index (Phi) is 7.19. The van der Waals surface area contributed by atoms with Crippen LogP contribution < -0.4 is 5.32 Å². The van der Waals surface area contributed by atoms with Crippen LogP contribution >= 0.6 is 0 Å². The molecular formula is C26H34N2O2. The third-order valence-corrected chi connectivity index (χ3v) is 6.84. The molecule has 2 atom stereocenters. The molecule has 160 valence electrons. The number of benzene rings is 2. The lowest BCUT2D eigenvalue weighted by molar-refractivity contribution is -0.135. The number of aliphatic hydroxyl groups excluding tert-OH is 1. The standard InChI is InChI=1S/C26H34N2O2/c29-19-23(17-20-9-3-1-4-10-20)27-18-25(30)28-16-15-21-11-7-8-14-24(21)26(28)22-12-5-2-6-13-22/h1,3-4,7-11,14,22-23,26-27,29H,2,5-6,12-13,15-19H2/t23-,26?/m0/s1. The van der Waals surface area contributed by atoms with Gasteiger partial charge in [-0.3, -0.25) is 4.79 Å². The summed E-state index contributed by atoms with van der Waals surface area (Å²) in [6.45, 7) is 1.10. The van der Waals surface area contributed by atoms with Crippen LogP contribution in [-0.2, 0) is 17.6 Å². The molecule has 1 saturated carbocycles. The van der Waals surface area contributed by atoms with E-state index in [2.05, 4.69) is 46.6 Å². The van der Waals surface area contributed by atoms with E-state index in [9.17, 15) is 9.90 Å². The summed E-state index contributed by atoms with van der Waals surface area (Å²) >= 11 is 0. The average molecular weight is 407 g/mol. The highest BCUT2D eigenvalue weighted by atomic mass is 16.3. The van der Waals surface area contributed by atoms with Crippen molar-refractivity contribution in [3.05, 3.63) is 71.3 Å². The van der Waals surface area contributed by atoms with Crippen molar-refractivity contribution < 1.29 is 9.90 Å². The third kappa shape index (κ3) is 4.93. The quantitative estimate of drug-likeness (QED) is 0.734. The summed E-state index contributed by atoms with van der Waals surface area (Å²) in [6, 6.07) is 18.9. The molecule has 1 heterocycles. The van der Waals surface area contributed by atoms with Crippen molar-refractivity contribution in [3.8, 4) is 0 Å². The van der Waals surface area contributed by atoms with E-state index >= 15 is 0 Å². The molecule has 1 aliphatic carbocycles. The zero-order chi connectivity index (χ0) is 20.8. The van der Waals surface area contributed by atoms with Crippen LogP contribution in [0.3, 0.4) is 0 Å². The van der Waals surface area contributed by atoms with Gasteiger partial charge in [0.25, 0.3) is 0 Å². The van der Waals surface area contributed by atoms with E-state index in [1.807, 2.05) is 18.2 Å². The average Bonchev–Trinajstić information content (AvgIpc) is 2.82. The number of amides is 1. The van der Waals surface area contributed by atoms with Gasteiger partial charge in [-0.25, -0.2) is 0 Å². The number of nitrogens with one attached hydrogen (secondary N) is 1. The Morgan fingerprint density at radius 1 is 1.03 bits per heavy atom. The number of carbonyl (C=O) groups excluding carboxylic acids is 1. The first-order valence-electron chi connectivity index (χ1n) is 11.5. The van der Waals surface area contributed by atoms with Crippen molar-refractivity contribution >= 4 is 5.91 Å². The number of rotatable bonds is 7. The highest BCUT2D eigenvalue weighted by Crippen LogP contribution is 2.41. The number of nitrogens with zero attached hydrogens (tertiary/aromatic N) is 1. The second kappa shape index (κ2) is 10.2. The molecule has 0 saturated heterocycles. The Labute approximate surface area is 180 Å². The number of hydrogen-bond donors (Lipinski definition) is 2. The van der Waals surface area contributed by atoms with E-state index in [0.717, 1.165) is 19.4 Å². The van der Waals surface area contributed by atoms with Gasteiger partial charge >= 0.3 is 0 Å². The van der Waals surface area contributed by atoms with Gasteiger partial charge in [-0.05, 0) is 48.3 Å². The van der Waals surface area contributed by atoms with E-state index in [0.29, 0.717) is 5.92 Å². The van der Waals surface area contributed by atoms with Crippen LogP contribution in [0.4, 0.5) is 0 Å². The molecule has 4 heteroatoms. The van der Waals surface area contributed by atoms with Crippen molar-refractivity contribution in [3.63, 3.8) is 0 Å². The smallest absolute Gasteiger partial charge is 0.237 e. The van der Waals surface area contributed by atoms with Crippen molar-refractivity contribution in [2.45, 2.75) is 57.0 Å². The fourth-order valence-electron chi connectivity index (χ4n) is 5.27. The molecule has 4 rings (SSSR count). The molecule has 1 aliphatic heterocycles. The molecule has 0 bridgehead atoms. The topological polar surface area (TPSA) is 52.6 Å². The van der Waals surface area contributed by atoms with Gasteiger partial charge in [0.15, 0.2) is 0 Å². The molecule has 0 spiro atoms. The van der Waals surface area contributed by atoms with E-state index in [1.54, 1.807) is 0 Å². The molecule has 4 nitrogen and oxygen atoms in total. The van der Waals surface area contributed by atoms with Gasteiger partial charge in [0, 0.05) is 12.6 Å². The Morgan fingerprint density at radius 3 is 2.53 bits per heavy atom. The van der Waals surface area contributed by atoms with Gasteiger partial charge < -0.3 is 15.3 Å². The number of carbonyl (C=O) groups is 1. The fourth-order valence-corrected chi connectivity index (χ4v) is 5.27. The van der Waals surface area contributed by atoms with Crippen LogP contribution in [-0.4, -0.2) is 41.7 Å². The largest absolute Gasteiger partial charge is 0.395 e. The summed E-state index contributed by atoms with van der Waals surface area (Å²) in [5.74, 6) is 0.716. The summed E-state index contributed by atoms with van der Waals surface area (Å²) in [6.07, 6.45) is 7.93. The van der Waals surface area contributed by atoms with Crippen molar-refractivity contribution in [2.75, 3.05) is 19.7 Å². The lowest BCUT2D eigenvalue weighted by Gasteiger charge is -2.43. The Morgan fingerprint density at radius 2 is 1.77 bits per heavy atom. The summed E-state index contributed by atoms with van der Waals surface area (Å²) in [5.41, 5.74) is 3.93. The highest BCUT2D eigenvalue weighted by Gasteiger charge is 2.36. The number of hydrogen-bond acceptors (Lipinski definition) is 3. The number of aliphatic hydroxyl groups is 1. The lowest BCUT2D eigenvalue weighted by Crippen LogP contribution is -2.49. The maximum atomic E-state index is 13.3. The van der Waals surface area contributed by atoms with Crippen LogP contribution in [0.1, 0.15) is 54.8 Å². The van der Waals surface area contributed by atoms with E-state index in [-0.39, 0.29) is 31.1 Å². The first-order chi connectivity index (χ1) is 14.8. The first-order valence-corrected chi connectivity index (χ1v) is 11.5. The van der Waals surface area contributed by atoms with Gasteiger partial charge in [-0.1, -0.05) is 73.9 Å². The van der Waals surface area contributed by atoms with Crippen LogP contribution in [0.5, 0.6) is 0 Å². The minimum atomic E-state index is -0.110. The van der Waals surface area contributed by atoms with Crippen LogP contribution in [0.25, 0.3) is 0 Å². The second-order valence-corrected chi connectivity index (χ2v) is 8.83. The minimum absolute atomic E-state index is 0.0249. The van der Waals surface area contributed by atoms with E-state index in [4.69, 9.17) is 0 Å². The summed E-state index contributed by atoms with van der Waals surface area (Å²) in [5, 5.41) is 13.1. The van der Waals surface area contributed by atoms with Crippen LogP contribution in [0.2, 0.25) is 0 Å². The van der Waals surface area contributed by atoms with Crippen molar-refractivity contribution in [1.29, 1.82) is 0 Å². The lowest BCUT2D eigenvalue weighted by atomic mass is 9.77. The fraction of sp³-hybridized carbons (Fsp3) is 0.500. The molecule has 2 N–H and O–H groups in total. The Balaban J connectivity index is 1.45. The van der Waals surface area contributed by atoms with Crippen molar-refractivity contribution in [2.24, 2.45) is 5.92 Å². The Bertz CT molecular complexity index is 817. The van der Waals surface area contributed by atoms with Gasteiger partial charge in [0.05, 0.1) is 19.2 Å². The van der Waals surface area contributed by atoms with Crippen molar-refractivity contribution in [1.82, 2.24) is 10.2 Å². The molecule has 30 heavy (non-hydrogen) atoms. The maximum Gasteiger partial charge on any atom is 0.237 e. The highest BCUT2D eigenvalue weighted by molar-refractivity contribution is 5.79. The summed E-state index contributed by atoms with van der Waals surface area (Å²) < 4.78 is 0. The second-order valence-electron chi connectivity index (χ2n) is 8.83. The molecule has 2 aromatic rings. The van der Waals surface area contributed by atoms with Gasteiger partial charge in [0.1, 0.15) is 0 Å². The normalized spacial score (nSPS) is 20.6. The molecule has 1 unspecified atom stereocenters. The molecule has 0 radical (unpaired) electrons. The monoisotopic (exact) mass is 406 g/mol. The molecule has 2 aromatic carbocycles. The zero-order valence-corrected chi connectivity index (χ0v) is 17.8. The maximum absolute atomic E-state index is 13.3. The van der Waals surface area contributed by atoms with Gasteiger partial charge in [-0.2, -0.15) is 0 Å². The predicted octanol–water partition coefficient (Wildman–Crippen LogP) is 3.89. The van der Waals surface area contributed by atoms with E-state index < -0.39 is 0 Å². The van der Waals surface area contributed by atoms with Crippen LogP contribution in [0.15, 0.2) is 54.6 Å². The first kappa shape index (κ1) is 21.1. The minimum Gasteiger partial charge on any atom is -0.395 e. The summed E-state index contributed by atoms with van der Waals surface area (Å²) in [4.78, 5) is 15.4. The van der Waals surface area contributed by atoms with Gasteiger partial charge in [-0.15, -0.1) is 0 Å². The summed E-state index contributed by atoms with van der Waals surface area (Å²) in [7, 11) is 0. The molecule has 2 aliphatic rings.